The van der Waals surface area contributed by atoms with Crippen LogP contribution >= 0.6 is 0 Å². The number of esters is 1. The Labute approximate surface area is 153 Å². The highest BCUT2D eigenvalue weighted by Gasteiger charge is 2.11. The Hall–Kier alpha value is -3.08. The van der Waals surface area contributed by atoms with Gasteiger partial charge in [0.2, 0.25) is 5.78 Å². The molecule has 26 heavy (non-hydrogen) atoms. The van der Waals surface area contributed by atoms with Gasteiger partial charge in [-0.3, -0.25) is 4.79 Å². The molecule has 136 valence electrons. The molecule has 0 aliphatic heterocycles. The van der Waals surface area contributed by atoms with E-state index in [0.29, 0.717) is 22.6 Å². The Bertz CT molecular complexity index is 836. The summed E-state index contributed by atoms with van der Waals surface area (Å²) in [6.07, 6.45) is 2.82. The molecule has 0 radical (unpaired) electrons. The number of hydrogen-bond donors (Lipinski definition) is 0. The van der Waals surface area contributed by atoms with Crippen LogP contribution in [0.15, 0.2) is 42.5 Å². The SMILES string of the molecule is COc1ccc(OC)c(C=CC(=O)OCC(=O)c2cc(C)ccc2C)c1. The standard InChI is InChI=1S/C21H22O5/c1-14-5-6-15(2)18(11-14)19(22)13-26-21(23)10-7-16-12-17(24-3)8-9-20(16)25-4/h5-12H,13H2,1-4H3. The van der Waals surface area contributed by atoms with Crippen LogP contribution < -0.4 is 9.47 Å². The molecule has 0 atom stereocenters. The van der Waals surface area contributed by atoms with Crippen molar-refractivity contribution in [1.29, 1.82) is 0 Å². The largest absolute Gasteiger partial charge is 0.497 e. The van der Waals surface area contributed by atoms with Gasteiger partial charge in [0.15, 0.2) is 6.61 Å². The Morgan fingerprint density at radius 2 is 1.77 bits per heavy atom. The quantitative estimate of drug-likeness (QED) is 0.430. The second-order valence-corrected chi connectivity index (χ2v) is 5.79. The smallest absolute Gasteiger partial charge is 0.331 e. The minimum absolute atomic E-state index is 0.230. The predicted molar refractivity (Wildman–Crippen MR) is 99.8 cm³/mol. The van der Waals surface area contributed by atoms with E-state index in [1.807, 2.05) is 26.0 Å². The van der Waals surface area contributed by atoms with Crippen molar-refractivity contribution < 1.29 is 23.8 Å². The van der Waals surface area contributed by atoms with Gasteiger partial charge in [-0.25, -0.2) is 4.79 Å². The van der Waals surface area contributed by atoms with Crippen LogP contribution in [0.3, 0.4) is 0 Å². The van der Waals surface area contributed by atoms with Crippen LogP contribution in [0.25, 0.3) is 6.08 Å². The number of carbonyl (C=O) groups excluding carboxylic acids is 2. The lowest BCUT2D eigenvalue weighted by atomic mass is 10.0. The third-order valence-corrected chi connectivity index (χ3v) is 3.87. The average Bonchev–Trinajstić information content (AvgIpc) is 2.65. The number of ketones is 1. The minimum Gasteiger partial charge on any atom is -0.497 e. The number of rotatable bonds is 7. The Morgan fingerprint density at radius 3 is 2.46 bits per heavy atom. The van der Waals surface area contributed by atoms with Crippen LogP contribution in [-0.2, 0) is 9.53 Å². The molecule has 0 saturated heterocycles. The zero-order valence-electron chi connectivity index (χ0n) is 15.4. The molecule has 0 heterocycles. The summed E-state index contributed by atoms with van der Waals surface area (Å²) in [7, 11) is 3.10. The lowest BCUT2D eigenvalue weighted by Gasteiger charge is -2.07. The van der Waals surface area contributed by atoms with Crippen molar-refractivity contribution in [1.82, 2.24) is 0 Å². The first-order chi connectivity index (χ1) is 12.4. The Kier molecular flexibility index (Phi) is 6.55. The molecule has 0 amide bonds. The summed E-state index contributed by atoms with van der Waals surface area (Å²) in [4.78, 5) is 24.2. The first-order valence-corrected chi connectivity index (χ1v) is 8.12. The van der Waals surface area contributed by atoms with Gasteiger partial charge in [-0.05, 0) is 49.8 Å². The van der Waals surface area contributed by atoms with Crippen LogP contribution in [0, 0.1) is 13.8 Å². The summed E-state index contributed by atoms with van der Waals surface area (Å²) in [5.41, 5.74) is 3.07. The second kappa shape index (κ2) is 8.85. The van der Waals surface area contributed by atoms with Crippen molar-refractivity contribution in [3.8, 4) is 11.5 Å². The van der Waals surface area contributed by atoms with E-state index in [2.05, 4.69) is 0 Å². The van der Waals surface area contributed by atoms with Crippen molar-refractivity contribution in [3.63, 3.8) is 0 Å². The second-order valence-electron chi connectivity index (χ2n) is 5.79. The van der Waals surface area contributed by atoms with E-state index in [-0.39, 0.29) is 12.4 Å². The predicted octanol–water partition coefficient (Wildman–Crippen LogP) is 3.76. The number of carbonyl (C=O) groups is 2. The monoisotopic (exact) mass is 354 g/mol. The molecule has 5 heteroatoms. The number of ether oxygens (including phenoxy) is 3. The molecule has 2 aromatic rings. The van der Waals surface area contributed by atoms with E-state index in [4.69, 9.17) is 14.2 Å². The van der Waals surface area contributed by atoms with Crippen molar-refractivity contribution in [3.05, 3.63) is 64.7 Å². The fraction of sp³-hybridized carbons (Fsp3) is 0.238. The first kappa shape index (κ1) is 19.2. The molecule has 5 nitrogen and oxygen atoms in total. The molecule has 0 saturated carbocycles. The van der Waals surface area contributed by atoms with Crippen LogP contribution in [-0.4, -0.2) is 32.6 Å². The topological polar surface area (TPSA) is 61.8 Å². The molecule has 0 fully saturated rings. The summed E-state index contributed by atoms with van der Waals surface area (Å²) < 4.78 is 15.5. The van der Waals surface area contributed by atoms with Gasteiger partial charge in [0.25, 0.3) is 0 Å². The van der Waals surface area contributed by atoms with E-state index in [0.717, 1.165) is 11.1 Å². The maximum absolute atomic E-state index is 12.2. The van der Waals surface area contributed by atoms with Gasteiger partial charge in [-0.1, -0.05) is 17.7 Å². The molecule has 0 spiro atoms. The third-order valence-electron chi connectivity index (χ3n) is 3.87. The molecular formula is C21H22O5. The highest BCUT2D eigenvalue weighted by Crippen LogP contribution is 2.25. The van der Waals surface area contributed by atoms with Gasteiger partial charge in [0.05, 0.1) is 14.2 Å². The van der Waals surface area contributed by atoms with Gasteiger partial charge in [0, 0.05) is 17.2 Å². The Morgan fingerprint density at radius 1 is 1.00 bits per heavy atom. The fourth-order valence-corrected chi connectivity index (χ4v) is 2.43. The number of Topliss-reactive ketones (excluding diaryl/α,β-unsaturated/α-hetero) is 1. The van der Waals surface area contributed by atoms with Crippen molar-refractivity contribution >= 4 is 17.8 Å². The number of aryl methyl sites for hydroxylation is 2. The van der Waals surface area contributed by atoms with Crippen molar-refractivity contribution in [2.75, 3.05) is 20.8 Å². The van der Waals surface area contributed by atoms with E-state index >= 15 is 0 Å². The average molecular weight is 354 g/mol. The van der Waals surface area contributed by atoms with Crippen LogP contribution in [0.5, 0.6) is 11.5 Å². The molecular weight excluding hydrogens is 332 g/mol. The molecule has 2 rings (SSSR count). The number of hydrogen-bond acceptors (Lipinski definition) is 5. The van der Waals surface area contributed by atoms with Gasteiger partial charge in [-0.2, -0.15) is 0 Å². The highest BCUT2D eigenvalue weighted by atomic mass is 16.5. The molecule has 0 aliphatic carbocycles. The lowest BCUT2D eigenvalue weighted by Crippen LogP contribution is -2.13. The molecule has 0 bridgehead atoms. The number of methoxy groups -OCH3 is 2. The summed E-state index contributed by atoms with van der Waals surface area (Å²) in [6.45, 7) is 3.46. The summed E-state index contributed by atoms with van der Waals surface area (Å²) in [5.74, 6) is 0.408. The van der Waals surface area contributed by atoms with Crippen molar-refractivity contribution in [2.45, 2.75) is 13.8 Å². The molecule has 0 N–H and O–H groups in total. The highest BCUT2D eigenvalue weighted by molar-refractivity contribution is 6.00. The zero-order valence-corrected chi connectivity index (χ0v) is 15.4. The van der Waals surface area contributed by atoms with E-state index in [9.17, 15) is 9.59 Å². The Balaban J connectivity index is 2.01. The summed E-state index contributed by atoms with van der Waals surface area (Å²) in [5, 5.41) is 0. The third kappa shape index (κ3) is 4.96. The van der Waals surface area contributed by atoms with E-state index in [1.54, 1.807) is 44.6 Å². The number of benzene rings is 2. The first-order valence-electron chi connectivity index (χ1n) is 8.12. The van der Waals surface area contributed by atoms with Crippen LogP contribution in [0.1, 0.15) is 27.0 Å². The van der Waals surface area contributed by atoms with Crippen LogP contribution in [0.4, 0.5) is 0 Å². The molecule has 2 aromatic carbocycles. The van der Waals surface area contributed by atoms with E-state index in [1.165, 1.54) is 6.08 Å². The van der Waals surface area contributed by atoms with Gasteiger partial charge in [0.1, 0.15) is 11.5 Å². The fourth-order valence-electron chi connectivity index (χ4n) is 2.43. The maximum atomic E-state index is 12.2. The van der Waals surface area contributed by atoms with Gasteiger partial charge >= 0.3 is 5.97 Å². The van der Waals surface area contributed by atoms with Gasteiger partial charge in [-0.15, -0.1) is 0 Å². The van der Waals surface area contributed by atoms with Crippen LogP contribution in [0.2, 0.25) is 0 Å². The summed E-state index contributed by atoms with van der Waals surface area (Å²) >= 11 is 0. The van der Waals surface area contributed by atoms with E-state index < -0.39 is 5.97 Å². The normalized spacial score (nSPS) is 10.6. The molecule has 0 unspecified atom stereocenters. The lowest BCUT2D eigenvalue weighted by molar-refractivity contribution is -0.136. The van der Waals surface area contributed by atoms with Gasteiger partial charge < -0.3 is 14.2 Å². The molecule has 0 aromatic heterocycles. The van der Waals surface area contributed by atoms with Crippen molar-refractivity contribution in [2.24, 2.45) is 0 Å². The minimum atomic E-state index is -0.603. The summed E-state index contributed by atoms with van der Waals surface area (Å²) in [6, 6.07) is 10.8. The zero-order chi connectivity index (χ0) is 19.1. The molecule has 0 aliphatic rings. The maximum Gasteiger partial charge on any atom is 0.331 e.